The van der Waals surface area contributed by atoms with Crippen molar-refractivity contribution in [2.45, 2.75) is 13.3 Å². The Balaban J connectivity index is 1.60. The van der Waals surface area contributed by atoms with Crippen LogP contribution in [0.3, 0.4) is 0 Å². The fraction of sp³-hybridized carbons (Fsp3) is 0.182. The summed E-state index contributed by atoms with van der Waals surface area (Å²) in [6.07, 6.45) is 2.12. The van der Waals surface area contributed by atoms with Crippen LogP contribution < -0.4 is 15.4 Å². The van der Waals surface area contributed by atoms with Gasteiger partial charge in [-0.25, -0.2) is 9.97 Å². The smallest absolute Gasteiger partial charge is 0.274 e. The topological polar surface area (TPSA) is 93.2 Å². The van der Waals surface area contributed by atoms with Crippen molar-refractivity contribution < 1.29 is 14.3 Å². The van der Waals surface area contributed by atoms with E-state index in [0.717, 1.165) is 17.7 Å². The molecule has 1 amide bonds. The SMILES string of the molecule is COc1cccc(CCNc2cc(C(=O)Nc3cccc(C(C)=O)c3)ncn2)c1. The lowest BCUT2D eigenvalue weighted by atomic mass is 10.1. The quantitative estimate of drug-likeness (QED) is 0.571. The second-order valence-electron chi connectivity index (χ2n) is 6.41. The van der Waals surface area contributed by atoms with Crippen LogP contribution >= 0.6 is 0 Å². The van der Waals surface area contributed by atoms with Gasteiger partial charge in [-0.1, -0.05) is 24.3 Å². The molecule has 7 nitrogen and oxygen atoms in total. The monoisotopic (exact) mass is 390 g/mol. The predicted octanol–water partition coefficient (Wildman–Crippen LogP) is 3.59. The van der Waals surface area contributed by atoms with E-state index in [1.165, 1.54) is 13.3 Å². The second kappa shape index (κ2) is 9.45. The Hall–Kier alpha value is -3.74. The number of benzene rings is 2. The van der Waals surface area contributed by atoms with Crippen molar-refractivity contribution in [3.05, 3.63) is 77.7 Å². The van der Waals surface area contributed by atoms with Crippen LogP contribution in [-0.2, 0) is 6.42 Å². The number of ketones is 1. The molecule has 29 heavy (non-hydrogen) atoms. The van der Waals surface area contributed by atoms with E-state index in [-0.39, 0.29) is 17.4 Å². The van der Waals surface area contributed by atoms with Crippen LogP contribution in [0.15, 0.2) is 60.9 Å². The largest absolute Gasteiger partial charge is 0.497 e. The number of hydrogen-bond donors (Lipinski definition) is 2. The summed E-state index contributed by atoms with van der Waals surface area (Å²) in [5, 5.41) is 5.95. The van der Waals surface area contributed by atoms with Crippen LogP contribution in [0.1, 0.15) is 33.3 Å². The number of anilines is 2. The van der Waals surface area contributed by atoms with Crippen LogP contribution in [0.2, 0.25) is 0 Å². The fourth-order valence-electron chi connectivity index (χ4n) is 2.75. The lowest BCUT2D eigenvalue weighted by molar-refractivity contribution is 0.100. The molecule has 0 aliphatic carbocycles. The number of aromatic nitrogens is 2. The Labute approximate surface area is 169 Å². The van der Waals surface area contributed by atoms with E-state index < -0.39 is 0 Å². The van der Waals surface area contributed by atoms with Gasteiger partial charge in [-0.2, -0.15) is 0 Å². The number of hydrogen-bond acceptors (Lipinski definition) is 6. The molecule has 7 heteroatoms. The number of Topliss-reactive ketones (excluding diaryl/α,β-unsaturated/α-hetero) is 1. The number of ether oxygens (including phenoxy) is 1. The molecular weight excluding hydrogens is 368 g/mol. The summed E-state index contributed by atoms with van der Waals surface area (Å²) in [6.45, 7) is 2.13. The summed E-state index contributed by atoms with van der Waals surface area (Å²) in [5.74, 6) is 0.942. The highest BCUT2D eigenvalue weighted by atomic mass is 16.5. The van der Waals surface area contributed by atoms with E-state index in [9.17, 15) is 9.59 Å². The second-order valence-corrected chi connectivity index (χ2v) is 6.41. The zero-order valence-corrected chi connectivity index (χ0v) is 16.3. The molecule has 148 valence electrons. The zero-order chi connectivity index (χ0) is 20.6. The third-order valence-corrected chi connectivity index (χ3v) is 4.28. The summed E-state index contributed by atoms with van der Waals surface area (Å²) in [5.41, 5.74) is 2.44. The third-order valence-electron chi connectivity index (χ3n) is 4.28. The van der Waals surface area contributed by atoms with Gasteiger partial charge in [0.05, 0.1) is 7.11 Å². The van der Waals surface area contributed by atoms with E-state index in [0.29, 0.717) is 23.6 Å². The summed E-state index contributed by atoms with van der Waals surface area (Å²) in [4.78, 5) is 32.2. The highest BCUT2D eigenvalue weighted by Crippen LogP contribution is 2.15. The van der Waals surface area contributed by atoms with Gasteiger partial charge in [-0.05, 0) is 43.2 Å². The molecule has 0 saturated carbocycles. The van der Waals surface area contributed by atoms with Crippen molar-refractivity contribution in [2.75, 3.05) is 24.3 Å². The normalized spacial score (nSPS) is 10.3. The molecule has 0 saturated heterocycles. The number of nitrogens with zero attached hydrogens (tertiary/aromatic N) is 2. The van der Waals surface area contributed by atoms with Crippen molar-refractivity contribution in [3.63, 3.8) is 0 Å². The van der Waals surface area contributed by atoms with Gasteiger partial charge >= 0.3 is 0 Å². The van der Waals surface area contributed by atoms with E-state index in [2.05, 4.69) is 20.6 Å². The molecule has 2 N–H and O–H groups in total. The third kappa shape index (κ3) is 5.62. The molecule has 3 rings (SSSR count). The van der Waals surface area contributed by atoms with Crippen molar-refractivity contribution in [1.82, 2.24) is 9.97 Å². The van der Waals surface area contributed by atoms with Crippen LogP contribution in [0.4, 0.5) is 11.5 Å². The first kappa shape index (κ1) is 20.0. The number of carbonyl (C=O) groups is 2. The van der Waals surface area contributed by atoms with Crippen LogP contribution in [0, 0.1) is 0 Å². The van der Waals surface area contributed by atoms with E-state index in [4.69, 9.17) is 4.74 Å². The Kier molecular flexibility index (Phi) is 6.52. The Morgan fingerprint density at radius 2 is 1.86 bits per heavy atom. The van der Waals surface area contributed by atoms with Crippen molar-refractivity contribution in [2.24, 2.45) is 0 Å². The summed E-state index contributed by atoms with van der Waals surface area (Å²) in [6, 6.07) is 16.2. The fourth-order valence-corrected chi connectivity index (χ4v) is 2.75. The average Bonchev–Trinajstić information content (AvgIpc) is 2.74. The van der Waals surface area contributed by atoms with Gasteiger partial charge < -0.3 is 15.4 Å². The van der Waals surface area contributed by atoms with E-state index >= 15 is 0 Å². The molecule has 0 aliphatic rings. The number of methoxy groups -OCH3 is 1. The molecule has 0 fully saturated rings. The van der Waals surface area contributed by atoms with Crippen molar-refractivity contribution >= 4 is 23.2 Å². The van der Waals surface area contributed by atoms with Gasteiger partial charge in [0.2, 0.25) is 0 Å². The molecular formula is C22H22N4O3. The maximum atomic E-state index is 12.5. The molecule has 0 atom stereocenters. The molecule has 2 aromatic carbocycles. The van der Waals surface area contributed by atoms with Crippen LogP contribution in [0.25, 0.3) is 0 Å². The average molecular weight is 390 g/mol. The first-order valence-corrected chi connectivity index (χ1v) is 9.16. The van der Waals surface area contributed by atoms with Gasteiger partial charge in [0.15, 0.2) is 5.78 Å². The van der Waals surface area contributed by atoms with Gasteiger partial charge in [0.25, 0.3) is 5.91 Å². The van der Waals surface area contributed by atoms with E-state index in [1.807, 2.05) is 24.3 Å². The minimum absolute atomic E-state index is 0.0642. The first-order chi connectivity index (χ1) is 14.0. The number of amides is 1. The summed E-state index contributed by atoms with van der Waals surface area (Å²) < 4.78 is 5.23. The predicted molar refractivity (Wildman–Crippen MR) is 112 cm³/mol. The first-order valence-electron chi connectivity index (χ1n) is 9.16. The molecule has 0 aliphatic heterocycles. The van der Waals surface area contributed by atoms with Gasteiger partial charge in [0.1, 0.15) is 23.6 Å². The Morgan fingerprint density at radius 1 is 1.03 bits per heavy atom. The van der Waals surface area contributed by atoms with Gasteiger partial charge in [-0.3, -0.25) is 9.59 Å². The Bertz CT molecular complexity index is 1020. The Morgan fingerprint density at radius 3 is 2.66 bits per heavy atom. The molecule has 0 bridgehead atoms. The molecule has 0 spiro atoms. The lowest BCUT2D eigenvalue weighted by Crippen LogP contribution is -2.15. The zero-order valence-electron chi connectivity index (χ0n) is 16.3. The molecule has 3 aromatic rings. The van der Waals surface area contributed by atoms with Crippen LogP contribution in [-0.4, -0.2) is 35.3 Å². The molecule has 0 unspecified atom stereocenters. The maximum Gasteiger partial charge on any atom is 0.274 e. The van der Waals surface area contributed by atoms with Gasteiger partial charge in [-0.15, -0.1) is 0 Å². The van der Waals surface area contributed by atoms with Crippen molar-refractivity contribution in [1.29, 1.82) is 0 Å². The summed E-state index contributed by atoms with van der Waals surface area (Å²) in [7, 11) is 1.64. The number of nitrogens with one attached hydrogen (secondary N) is 2. The molecule has 1 aromatic heterocycles. The van der Waals surface area contributed by atoms with Crippen molar-refractivity contribution in [3.8, 4) is 5.75 Å². The highest BCUT2D eigenvalue weighted by Gasteiger charge is 2.10. The standard InChI is InChI=1S/C22H22N4O3/c1-15(27)17-6-4-7-18(12-17)26-22(28)20-13-21(25-14-24-20)23-10-9-16-5-3-8-19(11-16)29-2/h3-8,11-14H,9-10H2,1-2H3,(H,26,28)(H,23,24,25). The maximum absolute atomic E-state index is 12.5. The summed E-state index contributed by atoms with van der Waals surface area (Å²) >= 11 is 0. The van der Waals surface area contributed by atoms with Gasteiger partial charge in [0, 0.05) is 23.9 Å². The highest BCUT2D eigenvalue weighted by molar-refractivity contribution is 6.04. The molecule has 1 heterocycles. The lowest BCUT2D eigenvalue weighted by Gasteiger charge is -2.09. The van der Waals surface area contributed by atoms with E-state index in [1.54, 1.807) is 37.4 Å². The minimum Gasteiger partial charge on any atom is -0.497 e. The number of rotatable bonds is 8. The van der Waals surface area contributed by atoms with Crippen LogP contribution in [0.5, 0.6) is 5.75 Å². The minimum atomic E-state index is -0.371. The number of carbonyl (C=O) groups excluding carboxylic acids is 2. The molecule has 0 radical (unpaired) electrons.